The summed E-state index contributed by atoms with van der Waals surface area (Å²) in [7, 11) is 0. The van der Waals surface area contributed by atoms with Gasteiger partial charge in [0.25, 0.3) is 0 Å². The van der Waals surface area contributed by atoms with Gasteiger partial charge in [0.2, 0.25) is 0 Å². The number of halogens is 1. The smallest absolute Gasteiger partial charge is 0.328 e. The fourth-order valence-corrected chi connectivity index (χ4v) is 3.79. The number of para-hydroxylation sites is 2. The second-order valence-electron chi connectivity index (χ2n) is 8.24. The molecule has 0 amide bonds. The zero-order valence-electron chi connectivity index (χ0n) is 18.9. The third-order valence-corrected chi connectivity index (χ3v) is 5.74. The summed E-state index contributed by atoms with van der Waals surface area (Å²) in [4.78, 5) is 12.4. The van der Waals surface area contributed by atoms with Crippen molar-refractivity contribution in [2.45, 2.75) is 27.2 Å². The molecule has 0 saturated carbocycles. The molecule has 0 aromatic heterocycles. The van der Waals surface area contributed by atoms with Crippen molar-refractivity contribution in [1.29, 1.82) is 5.26 Å². The quantitative estimate of drug-likeness (QED) is 0.408. The lowest BCUT2D eigenvalue weighted by Crippen LogP contribution is -2.38. The molecular formula is C28H26FNO3. The summed E-state index contributed by atoms with van der Waals surface area (Å²) in [5.74, 6) is -1.68. The van der Waals surface area contributed by atoms with Gasteiger partial charge in [-0.2, -0.15) is 5.26 Å². The second-order valence-corrected chi connectivity index (χ2v) is 8.24. The maximum atomic E-state index is 16.0. The van der Waals surface area contributed by atoms with Gasteiger partial charge in [-0.15, -0.1) is 0 Å². The first-order chi connectivity index (χ1) is 15.8. The van der Waals surface area contributed by atoms with Crippen LogP contribution in [0.15, 0.2) is 84.4 Å². The number of carboxylic acids is 1. The molecule has 0 heterocycles. The Hall–Kier alpha value is -3.91. The predicted molar refractivity (Wildman–Crippen MR) is 126 cm³/mol. The SMILES string of the molecule is Cc1ccc(/C(F)=C(/Cc2ccccc2Oc2ccccc2)C(C#N)(C(=O)O)C(C)C)cc1. The van der Waals surface area contributed by atoms with Crippen LogP contribution in [0.5, 0.6) is 11.5 Å². The van der Waals surface area contributed by atoms with Crippen LogP contribution in [0.2, 0.25) is 0 Å². The predicted octanol–water partition coefficient (Wildman–Crippen LogP) is 6.96. The molecule has 0 aliphatic heterocycles. The van der Waals surface area contributed by atoms with E-state index < -0.39 is 23.1 Å². The molecule has 0 spiro atoms. The number of aliphatic carboxylic acids is 1. The number of hydrogen-bond acceptors (Lipinski definition) is 3. The average molecular weight is 444 g/mol. The van der Waals surface area contributed by atoms with Crippen molar-refractivity contribution in [3.05, 3.63) is 101 Å². The Kier molecular flexibility index (Phi) is 7.30. The molecule has 3 rings (SSSR count). The maximum Gasteiger partial charge on any atom is 0.328 e. The van der Waals surface area contributed by atoms with Gasteiger partial charge < -0.3 is 9.84 Å². The van der Waals surface area contributed by atoms with E-state index in [1.54, 1.807) is 74.5 Å². The normalized spacial score (nSPS) is 13.6. The molecule has 3 aromatic carbocycles. The number of benzene rings is 3. The standard InChI is InChI=1S/C28H26FNO3/c1-19(2)28(18-30,27(31)32)24(26(29)21-15-13-20(3)14-16-21)17-22-9-7-8-12-25(22)33-23-10-5-4-6-11-23/h4-16,19H,17H2,1-3H3,(H,31,32)/b26-24+. The first kappa shape index (κ1) is 23.7. The minimum atomic E-state index is -2.05. The van der Waals surface area contributed by atoms with Gasteiger partial charge in [0.15, 0.2) is 5.41 Å². The fourth-order valence-electron chi connectivity index (χ4n) is 3.79. The number of hydrogen-bond donors (Lipinski definition) is 1. The van der Waals surface area contributed by atoms with Crippen LogP contribution in [0.4, 0.5) is 4.39 Å². The summed E-state index contributed by atoms with van der Waals surface area (Å²) in [5, 5.41) is 20.2. The number of carboxylic acid groups (broad SMARTS) is 1. The molecule has 0 aliphatic rings. The highest BCUT2D eigenvalue weighted by Gasteiger charge is 2.48. The van der Waals surface area contributed by atoms with E-state index in [2.05, 4.69) is 0 Å². The first-order valence-corrected chi connectivity index (χ1v) is 10.7. The molecule has 33 heavy (non-hydrogen) atoms. The third-order valence-electron chi connectivity index (χ3n) is 5.74. The summed E-state index contributed by atoms with van der Waals surface area (Å²) < 4.78 is 22.0. The Morgan fingerprint density at radius 3 is 2.21 bits per heavy atom. The molecule has 1 unspecified atom stereocenters. The minimum absolute atomic E-state index is 0.0965. The van der Waals surface area contributed by atoms with Crippen LogP contribution in [-0.4, -0.2) is 11.1 Å². The van der Waals surface area contributed by atoms with Crippen LogP contribution < -0.4 is 4.74 Å². The van der Waals surface area contributed by atoms with Gasteiger partial charge in [0.05, 0.1) is 6.07 Å². The zero-order valence-corrected chi connectivity index (χ0v) is 18.9. The lowest BCUT2D eigenvalue weighted by molar-refractivity contribution is -0.145. The molecule has 1 N–H and O–H groups in total. The van der Waals surface area contributed by atoms with Crippen LogP contribution >= 0.6 is 0 Å². The van der Waals surface area contributed by atoms with Crippen LogP contribution in [0.1, 0.15) is 30.5 Å². The molecule has 0 fully saturated rings. The molecule has 5 heteroatoms. The van der Waals surface area contributed by atoms with E-state index >= 15 is 4.39 Å². The number of ether oxygens (including phenoxy) is 1. The number of rotatable bonds is 8. The van der Waals surface area contributed by atoms with E-state index in [0.29, 0.717) is 17.1 Å². The number of carbonyl (C=O) groups is 1. The highest BCUT2D eigenvalue weighted by atomic mass is 19.1. The summed E-state index contributed by atoms with van der Waals surface area (Å²) >= 11 is 0. The molecule has 0 bridgehead atoms. The molecule has 0 saturated heterocycles. The number of nitriles is 1. The molecule has 168 valence electrons. The van der Waals surface area contributed by atoms with Gasteiger partial charge in [-0.05, 0) is 36.6 Å². The number of nitrogens with zero attached hydrogens (tertiary/aromatic N) is 1. The lowest BCUT2D eigenvalue weighted by Gasteiger charge is -2.30. The van der Waals surface area contributed by atoms with E-state index in [1.165, 1.54) is 0 Å². The van der Waals surface area contributed by atoms with Crippen molar-refractivity contribution in [3.63, 3.8) is 0 Å². The van der Waals surface area contributed by atoms with Gasteiger partial charge in [0, 0.05) is 17.6 Å². The first-order valence-electron chi connectivity index (χ1n) is 10.7. The summed E-state index contributed by atoms with van der Waals surface area (Å²) in [5.41, 5.74) is -0.378. The molecule has 3 aromatic rings. The van der Waals surface area contributed by atoms with E-state index in [1.807, 2.05) is 31.2 Å². The van der Waals surface area contributed by atoms with E-state index in [9.17, 15) is 15.2 Å². The van der Waals surface area contributed by atoms with Crippen molar-refractivity contribution < 1.29 is 19.0 Å². The van der Waals surface area contributed by atoms with Crippen molar-refractivity contribution in [3.8, 4) is 17.6 Å². The highest BCUT2D eigenvalue weighted by Crippen LogP contribution is 2.43. The van der Waals surface area contributed by atoms with Crippen molar-refractivity contribution in [1.82, 2.24) is 0 Å². The van der Waals surface area contributed by atoms with Gasteiger partial charge in [-0.3, -0.25) is 4.79 Å². The lowest BCUT2D eigenvalue weighted by atomic mass is 9.69. The van der Waals surface area contributed by atoms with E-state index in [0.717, 1.165) is 5.56 Å². The average Bonchev–Trinajstić information content (AvgIpc) is 2.80. The topological polar surface area (TPSA) is 70.3 Å². The Bertz CT molecular complexity index is 1190. The van der Waals surface area contributed by atoms with Crippen LogP contribution in [0, 0.1) is 29.6 Å². The Morgan fingerprint density at radius 2 is 1.64 bits per heavy atom. The monoisotopic (exact) mass is 443 g/mol. The summed E-state index contributed by atoms with van der Waals surface area (Å²) in [6.45, 7) is 5.12. The molecule has 0 radical (unpaired) electrons. The number of aryl methyl sites for hydroxylation is 1. The summed E-state index contributed by atoms with van der Waals surface area (Å²) in [6.07, 6.45) is -0.0965. The third kappa shape index (κ3) is 4.96. The largest absolute Gasteiger partial charge is 0.480 e. The van der Waals surface area contributed by atoms with E-state index in [4.69, 9.17) is 4.74 Å². The molecule has 1 atom stereocenters. The van der Waals surface area contributed by atoms with Crippen molar-refractivity contribution in [2.24, 2.45) is 11.3 Å². The van der Waals surface area contributed by atoms with Gasteiger partial charge in [-0.25, -0.2) is 4.39 Å². The Balaban J connectivity index is 2.18. The second kappa shape index (κ2) is 10.1. The van der Waals surface area contributed by atoms with Crippen LogP contribution in [0.25, 0.3) is 5.83 Å². The zero-order chi connectivity index (χ0) is 24.0. The Labute approximate surface area is 193 Å². The Morgan fingerprint density at radius 1 is 1.03 bits per heavy atom. The van der Waals surface area contributed by atoms with Crippen molar-refractivity contribution in [2.75, 3.05) is 0 Å². The van der Waals surface area contributed by atoms with Gasteiger partial charge >= 0.3 is 5.97 Å². The molecular weight excluding hydrogens is 417 g/mol. The minimum Gasteiger partial charge on any atom is -0.480 e. The molecule has 4 nitrogen and oxygen atoms in total. The maximum absolute atomic E-state index is 16.0. The molecule has 0 aliphatic carbocycles. The van der Waals surface area contributed by atoms with Gasteiger partial charge in [-0.1, -0.05) is 80.1 Å². The fraction of sp³-hybridized carbons (Fsp3) is 0.214. The van der Waals surface area contributed by atoms with Crippen molar-refractivity contribution >= 4 is 11.8 Å². The van der Waals surface area contributed by atoms with Crippen LogP contribution in [0.3, 0.4) is 0 Å². The highest BCUT2D eigenvalue weighted by molar-refractivity contribution is 5.86. The summed E-state index contributed by atoms with van der Waals surface area (Å²) in [6, 6.07) is 24.8. The van der Waals surface area contributed by atoms with Crippen LogP contribution in [-0.2, 0) is 11.2 Å². The van der Waals surface area contributed by atoms with Gasteiger partial charge in [0.1, 0.15) is 17.3 Å². The van der Waals surface area contributed by atoms with E-state index in [-0.39, 0.29) is 17.6 Å².